The van der Waals surface area contributed by atoms with Gasteiger partial charge in [-0.1, -0.05) is 6.07 Å². The molecule has 2 amide bonds. The Kier molecular flexibility index (Phi) is 6.46. The second-order valence-electron chi connectivity index (χ2n) is 7.91. The number of hydrogen-bond acceptors (Lipinski definition) is 5. The highest BCUT2D eigenvalue weighted by Gasteiger charge is 2.28. The van der Waals surface area contributed by atoms with Crippen molar-refractivity contribution in [3.05, 3.63) is 83.1 Å². The molecule has 0 bridgehead atoms. The van der Waals surface area contributed by atoms with Gasteiger partial charge in [0.15, 0.2) is 11.6 Å². The fourth-order valence-corrected chi connectivity index (χ4v) is 3.63. The number of fused-ring (bicyclic) bond motifs is 1. The van der Waals surface area contributed by atoms with Crippen LogP contribution < -0.4 is 16.0 Å². The van der Waals surface area contributed by atoms with Crippen LogP contribution >= 0.6 is 0 Å². The number of carbonyl (C=O) groups excluding carboxylic acids is 2. The standard InChI is InChI=1S/C23H21F3N6O2/c1-13-6-21-31(22(33)9-16(27)7-14-8-18(25)19(26)10-17(14)24)11-15(12-32(21)30-13)23(34)29-20-4-2-3-5-28-20/h2-6,8,10-11,16H,7,9,12,27H2,1H3,(H,28,29,34)/t16-/m1/s1. The summed E-state index contributed by atoms with van der Waals surface area (Å²) in [5, 5.41) is 7.00. The fourth-order valence-electron chi connectivity index (χ4n) is 3.63. The second-order valence-corrected chi connectivity index (χ2v) is 7.91. The molecule has 8 nitrogen and oxygen atoms in total. The summed E-state index contributed by atoms with van der Waals surface area (Å²) in [4.78, 5) is 31.2. The van der Waals surface area contributed by atoms with Crippen LogP contribution in [0.25, 0.3) is 0 Å². The van der Waals surface area contributed by atoms with Crippen molar-refractivity contribution in [1.82, 2.24) is 14.8 Å². The number of nitrogens with two attached hydrogens (primary N) is 1. The van der Waals surface area contributed by atoms with Gasteiger partial charge in [0.05, 0.1) is 17.8 Å². The van der Waals surface area contributed by atoms with Crippen LogP contribution in [0, 0.1) is 24.4 Å². The minimum absolute atomic E-state index is 0.135. The van der Waals surface area contributed by atoms with E-state index >= 15 is 0 Å². The number of amides is 2. The van der Waals surface area contributed by atoms with Crippen molar-refractivity contribution >= 4 is 23.5 Å². The van der Waals surface area contributed by atoms with Gasteiger partial charge in [-0.25, -0.2) is 22.8 Å². The van der Waals surface area contributed by atoms with E-state index in [0.29, 0.717) is 23.4 Å². The van der Waals surface area contributed by atoms with Crippen LogP contribution in [0.2, 0.25) is 0 Å². The summed E-state index contributed by atoms with van der Waals surface area (Å²) in [6.07, 6.45) is 2.51. The van der Waals surface area contributed by atoms with E-state index in [0.717, 1.165) is 6.07 Å². The molecule has 3 aromatic rings. The predicted molar refractivity (Wildman–Crippen MR) is 118 cm³/mol. The number of benzene rings is 1. The monoisotopic (exact) mass is 470 g/mol. The first-order valence-corrected chi connectivity index (χ1v) is 10.4. The van der Waals surface area contributed by atoms with Gasteiger partial charge in [-0.3, -0.25) is 14.5 Å². The Morgan fingerprint density at radius 1 is 1.15 bits per heavy atom. The molecule has 0 unspecified atom stereocenters. The van der Waals surface area contributed by atoms with Crippen molar-refractivity contribution < 1.29 is 22.8 Å². The van der Waals surface area contributed by atoms with Gasteiger partial charge in [-0.2, -0.15) is 5.10 Å². The summed E-state index contributed by atoms with van der Waals surface area (Å²) >= 11 is 0. The van der Waals surface area contributed by atoms with Crippen molar-refractivity contribution in [2.75, 3.05) is 10.2 Å². The third-order valence-electron chi connectivity index (χ3n) is 5.21. The lowest BCUT2D eigenvalue weighted by atomic mass is 10.0. The molecule has 0 saturated heterocycles. The normalized spacial score (nSPS) is 13.8. The van der Waals surface area contributed by atoms with Crippen molar-refractivity contribution in [2.45, 2.75) is 32.4 Å². The topological polar surface area (TPSA) is 106 Å². The molecule has 1 aliphatic heterocycles. The first-order valence-electron chi connectivity index (χ1n) is 10.4. The molecule has 1 atom stereocenters. The van der Waals surface area contributed by atoms with Crippen LogP contribution in [0.4, 0.5) is 24.8 Å². The minimum atomic E-state index is -1.30. The van der Waals surface area contributed by atoms with E-state index in [2.05, 4.69) is 15.4 Å². The highest BCUT2D eigenvalue weighted by Crippen LogP contribution is 2.26. The molecule has 0 saturated carbocycles. The molecule has 176 valence electrons. The average Bonchev–Trinajstić information content (AvgIpc) is 3.17. The third kappa shape index (κ3) is 4.99. The number of pyridine rings is 1. The molecule has 0 fully saturated rings. The smallest absolute Gasteiger partial charge is 0.256 e. The van der Waals surface area contributed by atoms with Crippen molar-refractivity contribution in [1.29, 1.82) is 0 Å². The highest BCUT2D eigenvalue weighted by atomic mass is 19.2. The quantitative estimate of drug-likeness (QED) is 0.539. The van der Waals surface area contributed by atoms with E-state index in [1.165, 1.54) is 22.0 Å². The Morgan fingerprint density at radius 3 is 2.65 bits per heavy atom. The SMILES string of the molecule is Cc1cc2n(n1)CC(C(=O)Nc1ccccn1)=CN2C(=O)C[C@H](N)Cc1cc(F)c(F)cc1F. The lowest BCUT2D eigenvalue weighted by Gasteiger charge is -2.26. The molecule has 4 rings (SSSR count). The molecule has 11 heteroatoms. The number of aromatic nitrogens is 3. The molecular formula is C23H21F3N6O2. The molecular weight excluding hydrogens is 449 g/mol. The summed E-state index contributed by atoms with van der Waals surface area (Å²) < 4.78 is 42.2. The van der Waals surface area contributed by atoms with Crippen molar-refractivity contribution in [3.63, 3.8) is 0 Å². The van der Waals surface area contributed by atoms with Crippen molar-refractivity contribution in [3.8, 4) is 0 Å². The predicted octanol–water partition coefficient (Wildman–Crippen LogP) is 2.83. The zero-order chi connectivity index (χ0) is 24.4. The molecule has 0 radical (unpaired) electrons. The molecule has 1 aliphatic rings. The largest absolute Gasteiger partial charge is 0.327 e. The fraction of sp³-hybridized carbons (Fsp3) is 0.217. The molecule has 34 heavy (non-hydrogen) atoms. The van der Waals surface area contributed by atoms with E-state index in [-0.39, 0.29) is 30.5 Å². The van der Waals surface area contributed by atoms with Gasteiger partial charge in [-0.05, 0) is 37.1 Å². The average molecular weight is 470 g/mol. The summed E-state index contributed by atoms with van der Waals surface area (Å²) in [7, 11) is 0. The number of hydrogen-bond donors (Lipinski definition) is 2. The maximum Gasteiger partial charge on any atom is 0.256 e. The van der Waals surface area contributed by atoms with Gasteiger partial charge < -0.3 is 11.1 Å². The number of carbonyl (C=O) groups is 2. The van der Waals surface area contributed by atoms with Gasteiger partial charge in [0.1, 0.15) is 17.5 Å². The Labute approximate surface area is 192 Å². The van der Waals surface area contributed by atoms with Crippen LogP contribution in [0.3, 0.4) is 0 Å². The lowest BCUT2D eigenvalue weighted by molar-refractivity contribution is -0.118. The van der Waals surface area contributed by atoms with Gasteiger partial charge in [0.2, 0.25) is 5.91 Å². The summed E-state index contributed by atoms with van der Waals surface area (Å²) in [5.41, 5.74) is 6.80. The van der Waals surface area contributed by atoms with Crippen LogP contribution in [0.15, 0.2) is 54.4 Å². The zero-order valence-corrected chi connectivity index (χ0v) is 18.1. The molecule has 2 aromatic heterocycles. The number of halogens is 3. The number of rotatable bonds is 6. The van der Waals surface area contributed by atoms with Crippen LogP contribution in [-0.2, 0) is 22.6 Å². The molecule has 3 N–H and O–H groups in total. The van der Waals surface area contributed by atoms with Crippen LogP contribution in [0.1, 0.15) is 17.7 Å². The number of nitrogens with zero attached hydrogens (tertiary/aromatic N) is 4. The van der Waals surface area contributed by atoms with E-state index in [9.17, 15) is 22.8 Å². The highest BCUT2D eigenvalue weighted by molar-refractivity contribution is 6.06. The second kappa shape index (κ2) is 9.48. The van der Waals surface area contributed by atoms with Gasteiger partial charge >= 0.3 is 0 Å². The Balaban J connectivity index is 1.52. The summed E-state index contributed by atoms with van der Waals surface area (Å²) in [6, 6.07) is 7.04. The lowest BCUT2D eigenvalue weighted by Crippen LogP contribution is -2.38. The first kappa shape index (κ1) is 23.2. The van der Waals surface area contributed by atoms with Gasteiger partial charge in [0, 0.05) is 37.0 Å². The maximum absolute atomic E-state index is 14.0. The van der Waals surface area contributed by atoms with E-state index < -0.39 is 35.3 Å². The van der Waals surface area contributed by atoms with Gasteiger partial charge in [0.25, 0.3) is 5.91 Å². The molecule has 3 heterocycles. The van der Waals surface area contributed by atoms with Crippen LogP contribution in [0.5, 0.6) is 0 Å². The Morgan fingerprint density at radius 2 is 1.91 bits per heavy atom. The summed E-state index contributed by atoms with van der Waals surface area (Å²) in [6.45, 7) is 1.89. The molecule has 0 aliphatic carbocycles. The summed E-state index contributed by atoms with van der Waals surface area (Å²) in [5.74, 6) is -3.57. The minimum Gasteiger partial charge on any atom is -0.327 e. The van der Waals surface area contributed by atoms with E-state index in [4.69, 9.17) is 5.73 Å². The first-order chi connectivity index (χ1) is 16.2. The molecule has 0 spiro atoms. The van der Waals surface area contributed by atoms with Gasteiger partial charge in [-0.15, -0.1) is 0 Å². The number of aryl methyl sites for hydroxylation is 1. The Hall–Kier alpha value is -3.99. The maximum atomic E-state index is 14.0. The van der Waals surface area contributed by atoms with Crippen molar-refractivity contribution in [2.24, 2.45) is 5.73 Å². The van der Waals surface area contributed by atoms with Crippen LogP contribution in [-0.4, -0.2) is 32.6 Å². The Bertz CT molecular complexity index is 1280. The zero-order valence-electron chi connectivity index (χ0n) is 18.1. The van der Waals surface area contributed by atoms with E-state index in [1.807, 2.05) is 0 Å². The molecule has 1 aromatic carbocycles. The third-order valence-corrected chi connectivity index (χ3v) is 5.21. The van der Waals surface area contributed by atoms with E-state index in [1.54, 1.807) is 31.2 Å². The number of nitrogens with one attached hydrogen (secondary N) is 1. The number of anilines is 2.